The van der Waals surface area contributed by atoms with Crippen molar-refractivity contribution >= 4 is 11.6 Å². The summed E-state index contributed by atoms with van der Waals surface area (Å²) in [6, 6.07) is 19.0. The summed E-state index contributed by atoms with van der Waals surface area (Å²) in [4.78, 5) is 31.9. The lowest BCUT2D eigenvalue weighted by Gasteiger charge is -2.23. The zero-order chi connectivity index (χ0) is 32.9. The summed E-state index contributed by atoms with van der Waals surface area (Å²) >= 11 is 0. The van der Waals surface area contributed by atoms with Crippen molar-refractivity contribution in [1.82, 2.24) is 19.7 Å². The number of methoxy groups -OCH3 is 2. The summed E-state index contributed by atoms with van der Waals surface area (Å²) in [6.45, 7) is 4.19. The molecule has 1 fully saturated rings. The van der Waals surface area contributed by atoms with Gasteiger partial charge in [-0.2, -0.15) is 0 Å². The van der Waals surface area contributed by atoms with Gasteiger partial charge in [0.05, 0.1) is 25.3 Å². The van der Waals surface area contributed by atoms with Crippen LogP contribution in [0.25, 0.3) is 33.4 Å². The lowest BCUT2D eigenvalue weighted by atomic mass is 9.96. The smallest absolute Gasteiger partial charge is 0.241 e. The van der Waals surface area contributed by atoms with Crippen molar-refractivity contribution in [1.29, 1.82) is 0 Å². The Bertz CT molecular complexity index is 1950. The molecule has 2 N–H and O–H groups in total. The highest BCUT2D eigenvalue weighted by molar-refractivity contribution is 5.98. The van der Waals surface area contributed by atoms with Crippen molar-refractivity contribution in [2.45, 2.75) is 32.7 Å². The van der Waals surface area contributed by atoms with E-state index in [2.05, 4.69) is 15.2 Å². The van der Waals surface area contributed by atoms with Crippen molar-refractivity contribution in [2.24, 2.45) is 5.92 Å². The topological polar surface area (TPSA) is 131 Å². The molecule has 3 aromatic heterocycles. The number of rotatable bonds is 10. The fourth-order valence-electron chi connectivity index (χ4n) is 5.86. The number of carbonyl (C=O) groups excluding carboxylic acids is 1. The Morgan fingerprint density at radius 1 is 0.894 bits per heavy atom. The van der Waals surface area contributed by atoms with Crippen LogP contribution in [0.2, 0.25) is 0 Å². The van der Waals surface area contributed by atoms with Crippen molar-refractivity contribution in [3.8, 4) is 45.1 Å². The minimum Gasteiger partial charge on any atom is -0.480 e. The average Bonchev–Trinajstić information content (AvgIpc) is 3.10. The molecular formula is C37H37N5O5. The average molecular weight is 632 g/mol. The third kappa shape index (κ3) is 7.07. The molecule has 0 unspecified atom stereocenters. The molecule has 10 nitrogen and oxygen atoms in total. The molecule has 0 spiro atoms. The molecule has 10 heteroatoms. The van der Waals surface area contributed by atoms with E-state index < -0.39 is 0 Å². The first-order valence-electron chi connectivity index (χ1n) is 15.6. The minimum absolute atomic E-state index is 0.0809. The van der Waals surface area contributed by atoms with E-state index in [1.807, 2.05) is 72.3 Å². The third-order valence-corrected chi connectivity index (χ3v) is 8.55. The SMILES string of the molecule is COc1cc(-c2cnc(N)c(-c3ccc(CC(=O)c4cn(CC5CCOCC5)cc(-c5ccc(C)cc5)c4=O)cc3)c2)c(OC)nn1. The molecule has 240 valence electrons. The van der Waals surface area contributed by atoms with Gasteiger partial charge in [0.15, 0.2) is 11.2 Å². The van der Waals surface area contributed by atoms with Crippen molar-refractivity contribution in [3.05, 3.63) is 106 Å². The Balaban J connectivity index is 1.28. The Morgan fingerprint density at radius 3 is 2.30 bits per heavy atom. The molecule has 5 aromatic rings. The molecule has 0 bridgehead atoms. The molecule has 1 aliphatic rings. The summed E-state index contributed by atoms with van der Waals surface area (Å²) < 4.78 is 18.2. The van der Waals surface area contributed by atoms with E-state index in [9.17, 15) is 9.59 Å². The lowest BCUT2D eigenvalue weighted by Crippen LogP contribution is -2.25. The van der Waals surface area contributed by atoms with Gasteiger partial charge in [0.2, 0.25) is 11.8 Å². The molecule has 0 radical (unpaired) electrons. The van der Waals surface area contributed by atoms with E-state index >= 15 is 0 Å². The Morgan fingerprint density at radius 2 is 1.60 bits per heavy atom. The van der Waals surface area contributed by atoms with Gasteiger partial charge in [0.1, 0.15) is 5.82 Å². The van der Waals surface area contributed by atoms with Crippen LogP contribution in [0.1, 0.15) is 34.3 Å². The molecule has 1 saturated heterocycles. The largest absolute Gasteiger partial charge is 0.480 e. The van der Waals surface area contributed by atoms with E-state index in [1.54, 1.807) is 18.5 Å². The van der Waals surface area contributed by atoms with Crippen LogP contribution in [-0.4, -0.2) is 53.0 Å². The number of nitrogen functional groups attached to an aromatic ring is 1. The zero-order valence-electron chi connectivity index (χ0n) is 26.7. The fraction of sp³-hybridized carbons (Fsp3) is 0.270. The summed E-state index contributed by atoms with van der Waals surface area (Å²) in [5.41, 5.74) is 12.4. The van der Waals surface area contributed by atoms with Crippen LogP contribution >= 0.6 is 0 Å². The van der Waals surface area contributed by atoms with Gasteiger partial charge in [-0.3, -0.25) is 9.59 Å². The van der Waals surface area contributed by atoms with Crippen LogP contribution in [0.5, 0.6) is 11.8 Å². The molecule has 6 rings (SSSR count). The minimum atomic E-state index is -0.257. The quantitative estimate of drug-likeness (QED) is 0.190. The van der Waals surface area contributed by atoms with Gasteiger partial charge >= 0.3 is 0 Å². The monoisotopic (exact) mass is 631 g/mol. The van der Waals surface area contributed by atoms with Crippen LogP contribution < -0.4 is 20.6 Å². The van der Waals surface area contributed by atoms with Crippen LogP contribution in [0.4, 0.5) is 5.82 Å². The Labute approximate surface area is 273 Å². The first kappa shape index (κ1) is 31.6. The number of benzene rings is 2. The van der Waals surface area contributed by atoms with Gasteiger partial charge in [-0.25, -0.2) is 4.98 Å². The number of Topliss-reactive ketones (excluding diaryl/α,β-unsaturated/α-hetero) is 1. The van der Waals surface area contributed by atoms with Crippen molar-refractivity contribution in [2.75, 3.05) is 33.2 Å². The number of ether oxygens (including phenoxy) is 3. The van der Waals surface area contributed by atoms with Crippen LogP contribution in [0.15, 0.2) is 84.0 Å². The van der Waals surface area contributed by atoms with Gasteiger partial charge < -0.3 is 24.5 Å². The fourth-order valence-corrected chi connectivity index (χ4v) is 5.86. The first-order valence-corrected chi connectivity index (χ1v) is 15.6. The highest BCUT2D eigenvalue weighted by atomic mass is 16.5. The molecule has 4 heterocycles. The van der Waals surface area contributed by atoms with E-state index in [0.29, 0.717) is 40.2 Å². The number of aryl methyl sites for hydroxylation is 1. The van der Waals surface area contributed by atoms with Gasteiger partial charge in [0.25, 0.3) is 0 Å². The van der Waals surface area contributed by atoms with Crippen molar-refractivity contribution in [3.63, 3.8) is 0 Å². The number of pyridine rings is 2. The van der Waals surface area contributed by atoms with Gasteiger partial charge in [-0.05, 0) is 48.4 Å². The Hall–Kier alpha value is -5.35. The predicted octanol–water partition coefficient (Wildman–Crippen LogP) is 5.79. The number of nitrogens with two attached hydrogens (primary N) is 1. The van der Waals surface area contributed by atoms with Crippen molar-refractivity contribution < 1.29 is 19.0 Å². The van der Waals surface area contributed by atoms with Crippen LogP contribution in [0.3, 0.4) is 0 Å². The molecule has 47 heavy (non-hydrogen) atoms. The van der Waals surface area contributed by atoms with Gasteiger partial charge in [-0.1, -0.05) is 54.1 Å². The molecular weight excluding hydrogens is 594 g/mol. The molecule has 1 aliphatic heterocycles. The van der Waals surface area contributed by atoms with Gasteiger partial charge in [0, 0.05) is 67.5 Å². The standard InChI is InChI=1S/C37H37N5O5/c1-23-4-8-27(9-5-23)31-21-42(20-25-12-14-47-15-13-25)22-32(35(31)44)33(43)16-24-6-10-26(11-7-24)29-17-28(19-39-36(29)38)30-18-34(45-2)40-41-37(30)46-3/h4-11,17-19,21-22,25H,12-16,20H2,1-3H3,(H2,38,39). The number of hydrogen-bond acceptors (Lipinski definition) is 9. The van der Waals surface area contributed by atoms with Crippen LogP contribution in [-0.2, 0) is 17.7 Å². The normalized spacial score (nSPS) is 13.3. The summed E-state index contributed by atoms with van der Waals surface area (Å²) in [5, 5.41) is 8.05. The second-order valence-electron chi connectivity index (χ2n) is 11.8. The molecule has 0 saturated carbocycles. The van der Waals surface area contributed by atoms with E-state index in [1.165, 1.54) is 14.2 Å². The maximum atomic E-state index is 13.7. The number of anilines is 1. The maximum absolute atomic E-state index is 13.7. The number of ketones is 1. The van der Waals surface area contributed by atoms with Gasteiger partial charge in [-0.15, -0.1) is 10.2 Å². The highest BCUT2D eigenvalue weighted by Crippen LogP contribution is 2.34. The lowest BCUT2D eigenvalue weighted by molar-refractivity contribution is 0.0612. The molecule has 0 amide bonds. The number of aromatic nitrogens is 4. The maximum Gasteiger partial charge on any atom is 0.241 e. The summed E-state index contributed by atoms with van der Waals surface area (Å²) in [7, 11) is 3.04. The number of nitrogens with zero attached hydrogens (tertiary/aromatic N) is 4. The second-order valence-corrected chi connectivity index (χ2v) is 11.8. The van der Waals surface area contributed by atoms with E-state index in [4.69, 9.17) is 19.9 Å². The van der Waals surface area contributed by atoms with Crippen LogP contribution in [0, 0.1) is 12.8 Å². The number of hydrogen-bond donors (Lipinski definition) is 1. The predicted molar refractivity (Wildman–Crippen MR) is 181 cm³/mol. The summed E-state index contributed by atoms with van der Waals surface area (Å²) in [5.74, 6) is 1.21. The second kappa shape index (κ2) is 14.0. The first-order chi connectivity index (χ1) is 22.8. The van der Waals surface area contributed by atoms with E-state index in [0.717, 1.165) is 60.4 Å². The Kier molecular flexibility index (Phi) is 9.40. The molecule has 2 aromatic carbocycles. The number of carbonyl (C=O) groups is 1. The molecule has 0 aliphatic carbocycles. The summed E-state index contributed by atoms with van der Waals surface area (Å²) in [6.07, 6.45) is 7.23. The van der Waals surface area contributed by atoms with E-state index in [-0.39, 0.29) is 23.2 Å². The molecule has 0 atom stereocenters. The third-order valence-electron chi connectivity index (χ3n) is 8.55. The highest BCUT2D eigenvalue weighted by Gasteiger charge is 2.20. The zero-order valence-corrected chi connectivity index (χ0v) is 26.7.